The third-order valence-corrected chi connectivity index (χ3v) is 11.9. The molecular formula is C35H46ClN7O4Si. The Balaban J connectivity index is 1.45. The van der Waals surface area contributed by atoms with E-state index in [4.69, 9.17) is 32.6 Å². The average Bonchev–Trinajstić information content (AvgIpc) is 3.75. The molecule has 1 aromatic carbocycles. The lowest BCUT2D eigenvalue weighted by Gasteiger charge is -2.26. The summed E-state index contributed by atoms with van der Waals surface area (Å²) in [5.74, 6) is 1.56. The largest absolute Gasteiger partial charge is 0.444 e. The Labute approximate surface area is 287 Å². The molecule has 2 aliphatic rings. The van der Waals surface area contributed by atoms with Gasteiger partial charge in [0.2, 0.25) is 0 Å². The monoisotopic (exact) mass is 691 g/mol. The average molecular weight is 692 g/mol. The number of amides is 1. The van der Waals surface area contributed by atoms with Crippen LogP contribution in [0, 0.1) is 18.4 Å². The molecule has 2 fully saturated rings. The molecule has 1 N–H and O–H groups in total. The summed E-state index contributed by atoms with van der Waals surface area (Å²) in [6, 6.07) is 4.69. The minimum absolute atomic E-state index is 0.0210. The molecule has 4 atom stereocenters. The molecule has 1 amide bonds. The highest BCUT2D eigenvalue weighted by Crippen LogP contribution is 2.54. The van der Waals surface area contributed by atoms with Gasteiger partial charge in [-0.25, -0.2) is 9.78 Å². The molecule has 0 aliphatic heterocycles. The number of aromatic nitrogens is 5. The van der Waals surface area contributed by atoms with Crippen molar-refractivity contribution < 1.29 is 14.3 Å². The number of nitrogens with zero attached hydrogens (tertiary/aromatic N) is 6. The number of alkyl carbamates (subject to hydrolysis) is 1. The SMILES string of the molecule is [C-]#[N+]c1c2c(Cl)c(-c3cn(COCC[Si](C)(C)C)c4nc(C5[C@H]6CC[C@@H]5[C@H](NC(=O)OC(C)(C)C)C6)n(C)c(=O)c34)ccc2nn1CC. The van der Waals surface area contributed by atoms with Crippen molar-refractivity contribution in [2.24, 2.45) is 18.9 Å². The van der Waals surface area contributed by atoms with Gasteiger partial charge in [-0.05, 0) is 70.9 Å². The highest BCUT2D eigenvalue weighted by atomic mass is 35.5. The maximum atomic E-state index is 14.4. The number of carbonyl (C=O) groups is 1. The predicted octanol–water partition coefficient (Wildman–Crippen LogP) is 7.69. The van der Waals surface area contributed by atoms with Crippen LogP contribution in [0.25, 0.3) is 37.9 Å². The van der Waals surface area contributed by atoms with Gasteiger partial charge < -0.3 is 24.2 Å². The molecule has 0 radical (unpaired) electrons. The van der Waals surface area contributed by atoms with Gasteiger partial charge in [0.15, 0.2) is 0 Å². The number of fused-ring (bicyclic) bond motifs is 4. The summed E-state index contributed by atoms with van der Waals surface area (Å²) in [5.41, 5.74) is 1.72. The van der Waals surface area contributed by atoms with E-state index < -0.39 is 19.8 Å². The summed E-state index contributed by atoms with van der Waals surface area (Å²) in [7, 11) is 0.473. The molecule has 48 heavy (non-hydrogen) atoms. The molecule has 256 valence electrons. The van der Waals surface area contributed by atoms with Crippen LogP contribution in [0.3, 0.4) is 0 Å². The Morgan fingerprint density at radius 3 is 2.60 bits per heavy atom. The summed E-state index contributed by atoms with van der Waals surface area (Å²) in [6.07, 6.45) is 4.28. The van der Waals surface area contributed by atoms with Crippen LogP contribution < -0.4 is 10.9 Å². The first-order valence-corrected chi connectivity index (χ1v) is 20.9. The summed E-state index contributed by atoms with van der Waals surface area (Å²) in [5, 5.41) is 9.10. The molecule has 3 aromatic heterocycles. The first-order valence-electron chi connectivity index (χ1n) is 16.9. The summed E-state index contributed by atoms with van der Waals surface area (Å²) in [4.78, 5) is 36.2. The van der Waals surface area contributed by atoms with Gasteiger partial charge in [-0.15, -0.1) is 5.10 Å². The van der Waals surface area contributed by atoms with Crippen LogP contribution in [0.4, 0.5) is 10.6 Å². The third-order valence-electron chi connectivity index (χ3n) is 9.79. The molecule has 6 rings (SSSR count). The second-order valence-corrected chi connectivity index (χ2v) is 21.5. The van der Waals surface area contributed by atoms with E-state index in [1.54, 1.807) is 16.3 Å². The second kappa shape index (κ2) is 12.7. The summed E-state index contributed by atoms with van der Waals surface area (Å²) in [6.45, 7) is 23.7. The topological polar surface area (TPSA) is 110 Å². The Morgan fingerprint density at radius 2 is 1.94 bits per heavy atom. The normalized spacial score (nSPS) is 20.9. The number of aryl methyl sites for hydroxylation is 1. The highest BCUT2D eigenvalue weighted by molar-refractivity contribution is 6.76. The van der Waals surface area contributed by atoms with Gasteiger partial charge in [0.25, 0.3) is 11.4 Å². The summed E-state index contributed by atoms with van der Waals surface area (Å²) >= 11 is 7.08. The first kappa shape index (κ1) is 34.2. The lowest BCUT2D eigenvalue weighted by atomic mass is 9.94. The van der Waals surface area contributed by atoms with Crippen LogP contribution in [-0.4, -0.2) is 56.3 Å². The zero-order chi connectivity index (χ0) is 34.7. The number of carbonyl (C=O) groups excluding carboxylic acids is 1. The number of hydrogen-bond acceptors (Lipinski definition) is 6. The zero-order valence-corrected chi connectivity index (χ0v) is 30.9. The van der Waals surface area contributed by atoms with Crippen molar-refractivity contribution in [1.82, 2.24) is 29.2 Å². The predicted molar refractivity (Wildman–Crippen MR) is 191 cm³/mol. The fraction of sp³-hybridized carbons (Fsp3) is 0.571. The van der Waals surface area contributed by atoms with Gasteiger partial charge in [0.1, 0.15) is 29.3 Å². The van der Waals surface area contributed by atoms with E-state index >= 15 is 0 Å². The van der Waals surface area contributed by atoms with E-state index in [2.05, 4.69) is 34.9 Å². The van der Waals surface area contributed by atoms with E-state index in [-0.39, 0.29) is 30.2 Å². The van der Waals surface area contributed by atoms with Gasteiger partial charge in [-0.1, -0.05) is 43.9 Å². The van der Waals surface area contributed by atoms with Crippen LogP contribution in [0.15, 0.2) is 23.1 Å². The van der Waals surface area contributed by atoms with Crippen molar-refractivity contribution >= 4 is 53.5 Å². The van der Waals surface area contributed by atoms with E-state index in [9.17, 15) is 9.59 Å². The Morgan fingerprint density at radius 1 is 1.19 bits per heavy atom. The fourth-order valence-electron chi connectivity index (χ4n) is 7.54. The third kappa shape index (κ3) is 6.28. The number of rotatable bonds is 9. The Bertz CT molecular complexity index is 1990. The number of halogens is 1. The van der Waals surface area contributed by atoms with Gasteiger partial charge in [0, 0.05) is 61.4 Å². The van der Waals surface area contributed by atoms with Crippen molar-refractivity contribution in [3.8, 4) is 11.1 Å². The number of nitrogens with one attached hydrogen (secondary N) is 1. The molecule has 2 aliphatic carbocycles. The molecule has 11 nitrogen and oxygen atoms in total. The van der Waals surface area contributed by atoms with Crippen molar-refractivity contribution in [2.45, 2.75) is 103 Å². The van der Waals surface area contributed by atoms with E-state index in [0.717, 1.165) is 31.1 Å². The summed E-state index contributed by atoms with van der Waals surface area (Å²) < 4.78 is 17.0. The second-order valence-electron chi connectivity index (χ2n) is 15.5. The Kier molecular flexibility index (Phi) is 9.02. The highest BCUT2D eigenvalue weighted by Gasteiger charge is 2.51. The maximum absolute atomic E-state index is 14.4. The maximum Gasteiger partial charge on any atom is 0.407 e. The molecule has 4 aromatic rings. The minimum Gasteiger partial charge on any atom is -0.444 e. The van der Waals surface area contributed by atoms with Crippen LogP contribution in [-0.2, 0) is 29.8 Å². The van der Waals surface area contributed by atoms with Crippen LogP contribution >= 0.6 is 11.6 Å². The molecular weight excluding hydrogens is 646 g/mol. The zero-order valence-electron chi connectivity index (χ0n) is 29.2. The Hall–Kier alpha value is -3.66. The van der Waals surface area contributed by atoms with Crippen LogP contribution in [0.5, 0.6) is 0 Å². The quantitative estimate of drug-likeness (QED) is 0.109. The fourth-order valence-corrected chi connectivity index (χ4v) is 8.65. The van der Waals surface area contributed by atoms with Crippen LogP contribution in [0.1, 0.15) is 58.7 Å². The molecule has 0 spiro atoms. The van der Waals surface area contributed by atoms with Gasteiger partial charge >= 0.3 is 6.09 Å². The first-order chi connectivity index (χ1) is 22.6. The van der Waals surface area contributed by atoms with Gasteiger partial charge in [-0.2, -0.15) is 4.68 Å². The standard InChI is InChI=1S/C35H46ClN7O4Si/c1-10-43-30(37-5)28-24(40-43)14-13-21(29(28)36)23-18-42(19-46-15-16-48(7,8)9)32-27(23)33(44)41(6)31(39-32)26-20-11-12-22(26)25(17-20)38-34(45)47-35(2,3)4/h13-14,18,20,22,25-26H,10-12,15-17,19H2,1-4,6-9H3,(H,38,45)/t20-,22+,25+,26?/m0/s1. The van der Waals surface area contributed by atoms with E-state index in [1.807, 2.05) is 50.6 Å². The number of ether oxygens (including phenoxy) is 2. The van der Waals surface area contributed by atoms with E-state index in [1.165, 1.54) is 0 Å². The lowest BCUT2D eigenvalue weighted by Crippen LogP contribution is -2.42. The van der Waals surface area contributed by atoms with Crippen molar-refractivity contribution in [2.75, 3.05) is 6.61 Å². The molecule has 2 bridgehead atoms. The lowest BCUT2D eigenvalue weighted by molar-refractivity contribution is 0.0486. The smallest absolute Gasteiger partial charge is 0.407 e. The molecule has 1 unspecified atom stereocenters. The number of hydrogen-bond donors (Lipinski definition) is 1. The van der Waals surface area contributed by atoms with E-state index in [0.29, 0.717) is 63.0 Å². The molecule has 3 heterocycles. The van der Waals surface area contributed by atoms with Crippen molar-refractivity contribution in [3.63, 3.8) is 0 Å². The van der Waals surface area contributed by atoms with Crippen molar-refractivity contribution in [1.29, 1.82) is 0 Å². The van der Waals surface area contributed by atoms with Gasteiger partial charge in [0.05, 0.1) is 11.9 Å². The van der Waals surface area contributed by atoms with Crippen molar-refractivity contribution in [3.05, 3.63) is 50.9 Å². The molecule has 0 saturated heterocycles. The molecule has 2 saturated carbocycles. The molecule has 13 heteroatoms. The van der Waals surface area contributed by atoms with Crippen LogP contribution in [0.2, 0.25) is 30.7 Å². The van der Waals surface area contributed by atoms with Gasteiger partial charge in [-0.3, -0.25) is 9.36 Å². The minimum atomic E-state index is -1.32. The number of benzene rings is 1.